The Morgan fingerprint density at radius 2 is 1.88 bits per heavy atom. The topological polar surface area (TPSA) is 84.6 Å². The third kappa shape index (κ3) is 3.63. The number of fused-ring (bicyclic) bond motifs is 5. The van der Waals surface area contributed by atoms with Crippen molar-refractivity contribution in [2.75, 3.05) is 18.1 Å². The second-order valence-electron chi connectivity index (χ2n) is 8.11. The molecule has 1 fully saturated rings. The number of sulfone groups is 1. The first-order valence-electron chi connectivity index (χ1n) is 10.7. The number of rotatable bonds is 5. The highest BCUT2D eigenvalue weighted by Crippen LogP contribution is 2.32. The summed E-state index contributed by atoms with van der Waals surface area (Å²) in [6, 6.07) is 15.5. The molecule has 2 atom stereocenters. The molecule has 4 aromatic rings. The van der Waals surface area contributed by atoms with Crippen molar-refractivity contribution in [3.63, 3.8) is 0 Å². The van der Waals surface area contributed by atoms with E-state index in [2.05, 4.69) is 0 Å². The zero-order valence-corrected chi connectivity index (χ0v) is 19.6. The molecule has 0 saturated carbocycles. The number of aromatic nitrogens is 3. The lowest BCUT2D eigenvalue weighted by molar-refractivity contribution is -0.131. The number of nitrogens with zero attached hydrogens (tertiary/aromatic N) is 4. The number of hydrogen-bond donors (Lipinski definition) is 0. The van der Waals surface area contributed by atoms with Crippen LogP contribution in [0.4, 0.5) is 0 Å². The largest absolute Gasteiger partial charge is 0.338 e. The lowest BCUT2D eigenvalue weighted by Gasteiger charge is -2.29. The minimum absolute atomic E-state index is 0.0502. The molecule has 32 heavy (non-hydrogen) atoms. The summed E-state index contributed by atoms with van der Waals surface area (Å²) in [6.07, 6.45) is 0.504. The predicted molar refractivity (Wildman–Crippen MR) is 128 cm³/mol. The number of thioether (sulfide) groups is 1. The fourth-order valence-electron chi connectivity index (χ4n) is 4.45. The first kappa shape index (κ1) is 21.2. The molecule has 0 radical (unpaired) electrons. The van der Waals surface area contributed by atoms with E-state index in [0.717, 1.165) is 27.6 Å². The zero-order chi connectivity index (χ0) is 22.5. The molecular formula is C23H24N4O3S2. The molecule has 2 unspecified atom stereocenters. The monoisotopic (exact) mass is 468 g/mol. The Labute approximate surface area is 190 Å². The van der Waals surface area contributed by atoms with Crippen LogP contribution in [0, 0.1) is 0 Å². The van der Waals surface area contributed by atoms with Crippen LogP contribution in [0.25, 0.3) is 27.6 Å². The summed E-state index contributed by atoms with van der Waals surface area (Å²) in [5.41, 5.74) is 3.45. The Bertz CT molecular complexity index is 1450. The van der Waals surface area contributed by atoms with Gasteiger partial charge in [0.15, 0.2) is 15.0 Å². The normalized spacial score (nSPS) is 19.0. The zero-order valence-electron chi connectivity index (χ0n) is 17.9. The molecule has 1 saturated heterocycles. The van der Waals surface area contributed by atoms with E-state index in [1.165, 1.54) is 11.8 Å². The fraction of sp³-hybridized carbons (Fsp3) is 0.348. The molecule has 1 amide bonds. The molecule has 2 aromatic heterocycles. The summed E-state index contributed by atoms with van der Waals surface area (Å²) < 4.78 is 25.9. The number of carbonyl (C=O) groups is 1. The van der Waals surface area contributed by atoms with Gasteiger partial charge in [-0.05, 0) is 44.5 Å². The summed E-state index contributed by atoms with van der Waals surface area (Å²) in [7, 11) is -3.06. The van der Waals surface area contributed by atoms with Crippen LogP contribution in [0.5, 0.6) is 0 Å². The standard InChI is InChI=1S/C23H24N4O3S2/c1-3-26(16-12-13-32(29,30)14-16)22(28)15(2)31-23-25-18-9-5-4-8-17(18)21-24-19-10-6-7-11-20(19)27(21)23/h4-11,15-16H,3,12-14H2,1-2H3. The molecule has 1 aliphatic rings. The summed E-state index contributed by atoms with van der Waals surface area (Å²) >= 11 is 1.39. The summed E-state index contributed by atoms with van der Waals surface area (Å²) in [5, 5.41) is 1.23. The predicted octanol–water partition coefficient (Wildman–Crippen LogP) is 3.55. The van der Waals surface area contributed by atoms with Crippen molar-refractivity contribution in [2.45, 2.75) is 36.7 Å². The van der Waals surface area contributed by atoms with E-state index in [9.17, 15) is 13.2 Å². The molecule has 1 aliphatic heterocycles. The van der Waals surface area contributed by atoms with Crippen LogP contribution in [-0.2, 0) is 14.6 Å². The first-order valence-corrected chi connectivity index (χ1v) is 13.4. The van der Waals surface area contributed by atoms with Crippen LogP contribution in [0.15, 0.2) is 53.7 Å². The van der Waals surface area contributed by atoms with Gasteiger partial charge in [0.05, 0.1) is 33.3 Å². The van der Waals surface area contributed by atoms with Crippen LogP contribution in [0.3, 0.4) is 0 Å². The third-order valence-corrected chi connectivity index (χ3v) is 8.81. The van der Waals surface area contributed by atoms with Crippen LogP contribution < -0.4 is 0 Å². The van der Waals surface area contributed by atoms with Gasteiger partial charge in [-0.15, -0.1) is 0 Å². The molecule has 2 aromatic carbocycles. The quantitative estimate of drug-likeness (QED) is 0.329. The van der Waals surface area contributed by atoms with Crippen molar-refractivity contribution in [3.05, 3.63) is 48.5 Å². The molecule has 3 heterocycles. The van der Waals surface area contributed by atoms with Crippen molar-refractivity contribution in [2.24, 2.45) is 0 Å². The Morgan fingerprint density at radius 1 is 1.16 bits per heavy atom. The number of amides is 1. The second kappa shape index (κ2) is 8.04. The van der Waals surface area contributed by atoms with Gasteiger partial charge in [-0.25, -0.2) is 18.4 Å². The van der Waals surface area contributed by atoms with Crippen molar-refractivity contribution >= 4 is 55.1 Å². The molecule has 0 bridgehead atoms. The van der Waals surface area contributed by atoms with Gasteiger partial charge < -0.3 is 4.90 Å². The van der Waals surface area contributed by atoms with Crippen LogP contribution in [-0.4, -0.2) is 62.9 Å². The van der Waals surface area contributed by atoms with Gasteiger partial charge in [0, 0.05) is 18.0 Å². The minimum atomic E-state index is -3.06. The van der Waals surface area contributed by atoms with E-state index < -0.39 is 15.1 Å². The SMILES string of the molecule is CCN(C(=O)C(C)Sc1nc2ccccc2c2nc3ccccc3n12)C1CCS(=O)(=O)C1. The van der Waals surface area contributed by atoms with Crippen molar-refractivity contribution < 1.29 is 13.2 Å². The van der Waals surface area contributed by atoms with Gasteiger partial charge in [-0.2, -0.15) is 0 Å². The average Bonchev–Trinajstić information content (AvgIpc) is 3.34. The molecule has 0 N–H and O–H groups in total. The first-order chi connectivity index (χ1) is 15.4. The van der Waals surface area contributed by atoms with E-state index >= 15 is 0 Å². The average molecular weight is 469 g/mol. The number of imidazole rings is 1. The maximum absolute atomic E-state index is 13.3. The van der Waals surface area contributed by atoms with Gasteiger partial charge in [0.2, 0.25) is 5.91 Å². The lowest BCUT2D eigenvalue weighted by atomic mass is 10.2. The Balaban J connectivity index is 1.55. The van der Waals surface area contributed by atoms with Gasteiger partial charge in [-0.3, -0.25) is 9.20 Å². The second-order valence-corrected chi connectivity index (χ2v) is 11.6. The van der Waals surface area contributed by atoms with Gasteiger partial charge in [0.1, 0.15) is 5.65 Å². The molecule has 0 aliphatic carbocycles. The maximum atomic E-state index is 13.3. The Kier molecular flexibility index (Phi) is 5.33. The van der Waals surface area contributed by atoms with Crippen LogP contribution >= 0.6 is 11.8 Å². The Hall–Kier alpha value is -2.65. The molecule has 0 spiro atoms. The highest BCUT2D eigenvalue weighted by molar-refractivity contribution is 8.00. The third-order valence-electron chi connectivity index (χ3n) is 6.02. The highest BCUT2D eigenvalue weighted by atomic mass is 32.2. The molecule has 166 valence electrons. The number of benzene rings is 2. The van der Waals surface area contributed by atoms with Gasteiger partial charge >= 0.3 is 0 Å². The van der Waals surface area contributed by atoms with Gasteiger partial charge in [-0.1, -0.05) is 36.0 Å². The van der Waals surface area contributed by atoms with E-state index in [0.29, 0.717) is 18.1 Å². The molecule has 5 rings (SSSR count). The van der Waals surface area contributed by atoms with Gasteiger partial charge in [0.25, 0.3) is 0 Å². The minimum Gasteiger partial charge on any atom is -0.338 e. The Morgan fingerprint density at radius 3 is 2.59 bits per heavy atom. The van der Waals surface area contributed by atoms with E-state index in [1.54, 1.807) is 4.90 Å². The van der Waals surface area contributed by atoms with Crippen LogP contribution in [0.1, 0.15) is 20.3 Å². The summed E-state index contributed by atoms with van der Waals surface area (Å²) in [4.78, 5) is 24.8. The summed E-state index contributed by atoms with van der Waals surface area (Å²) in [5.74, 6) is 0.137. The highest BCUT2D eigenvalue weighted by Gasteiger charge is 2.35. The van der Waals surface area contributed by atoms with Crippen molar-refractivity contribution in [1.29, 1.82) is 0 Å². The fourth-order valence-corrected chi connectivity index (χ4v) is 7.17. The number of para-hydroxylation sites is 3. The molecule has 7 nitrogen and oxygen atoms in total. The summed E-state index contributed by atoms with van der Waals surface area (Å²) in [6.45, 7) is 4.25. The molecular weight excluding hydrogens is 444 g/mol. The number of hydrogen-bond acceptors (Lipinski definition) is 6. The van der Waals surface area contributed by atoms with E-state index in [-0.39, 0.29) is 23.5 Å². The number of carbonyl (C=O) groups excluding carboxylic acids is 1. The molecule has 9 heteroatoms. The van der Waals surface area contributed by atoms with E-state index in [4.69, 9.17) is 9.97 Å². The lowest BCUT2D eigenvalue weighted by Crippen LogP contribution is -2.44. The van der Waals surface area contributed by atoms with Crippen molar-refractivity contribution in [1.82, 2.24) is 19.3 Å². The van der Waals surface area contributed by atoms with Crippen LogP contribution in [0.2, 0.25) is 0 Å². The smallest absolute Gasteiger partial charge is 0.236 e. The van der Waals surface area contributed by atoms with Crippen molar-refractivity contribution in [3.8, 4) is 0 Å². The van der Waals surface area contributed by atoms with E-state index in [1.807, 2.05) is 66.8 Å². The maximum Gasteiger partial charge on any atom is 0.236 e.